The van der Waals surface area contributed by atoms with Crippen LogP contribution in [0.1, 0.15) is 17.0 Å². The van der Waals surface area contributed by atoms with Crippen molar-refractivity contribution in [3.8, 4) is 11.6 Å². The fourth-order valence-electron chi connectivity index (χ4n) is 3.43. The molecule has 0 aliphatic rings. The summed E-state index contributed by atoms with van der Waals surface area (Å²) in [6, 6.07) is 11.9. The monoisotopic (exact) mass is 531 g/mol. The van der Waals surface area contributed by atoms with E-state index < -0.39 is 0 Å². The maximum atomic E-state index is 5.29. The zero-order valence-electron chi connectivity index (χ0n) is 17.6. The van der Waals surface area contributed by atoms with Crippen molar-refractivity contribution >= 4 is 40.8 Å². The zero-order chi connectivity index (χ0) is 20.8. The highest BCUT2D eigenvalue weighted by Gasteiger charge is 2.10. The summed E-state index contributed by atoms with van der Waals surface area (Å²) >= 11 is 0. The Balaban J connectivity index is 0.00000272. The summed E-state index contributed by atoms with van der Waals surface area (Å²) in [4.78, 5) is 16.2. The van der Waals surface area contributed by atoms with Gasteiger partial charge in [0.1, 0.15) is 5.69 Å². The quantitative estimate of drug-likeness (QED) is 0.192. The fraction of sp³-hybridized carbons (Fsp3) is 0.273. The molecule has 31 heavy (non-hydrogen) atoms. The van der Waals surface area contributed by atoms with Crippen LogP contribution >= 0.6 is 24.0 Å². The number of halogens is 1. The van der Waals surface area contributed by atoms with Gasteiger partial charge in [-0.1, -0.05) is 23.4 Å². The molecule has 0 aliphatic heterocycles. The summed E-state index contributed by atoms with van der Waals surface area (Å²) in [7, 11) is 1.76. The number of fused-ring (bicyclic) bond motifs is 1. The van der Waals surface area contributed by atoms with E-state index in [1.807, 2.05) is 18.2 Å². The van der Waals surface area contributed by atoms with Crippen molar-refractivity contribution < 1.29 is 4.52 Å². The van der Waals surface area contributed by atoms with E-state index in [-0.39, 0.29) is 24.0 Å². The largest absolute Gasteiger partial charge is 0.361 e. The Morgan fingerprint density at radius 2 is 1.94 bits per heavy atom. The number of aryl methyl sites for hydroxylation is 1. The maximum absolute atomic E-state index is 5.29. The lowest BCUT2D eigenvalue weighted by Crippen LogP contribution is -2.39. The molecule has 3 N–H and O–H groups in total. The lowest BCUT2D eigenvalue weighted by Gasteiger charge is -2.11. The Bertz CT molecular complexity index is 1140. The van der Waals surface area contributed by atoms with Gasteiger partial charge >= 0.3 is 0 Å². The van der Waals surface area contributed by atoms with Crippen LogP contribution in [-0.2, 0) is 12.8 Å². The Kier molecular flexibility index (Phi) is 7.99. The summed E-state index contributed by atoms with van der Waals surface area (Å²) in [5.41, 5.74) is 4.45. The molecule has 0 aliphatic carbocycles. The number of guanidine groups is 1. The molecule has 162 valence electrons. The first-order valence-corrected chi connectivity index (χ1v) is 9.98. The fourth-order valence-corrected chi connectivity index (χ4v) is 3.43. The van der Waals surface area contributed by atoms with Gasteiger partial charge in [0.05, 0.1) is 0 Å². The number of hydrogen-bond donors (Lipinski definition) is 3. The molecule has 9 heteroatoms. The molecule has 0 fully saturated rings. The number of aromatic amines is 1. The van der Waals surface area contributed by atoms with E-state index in [1.165, 1.54) is 22.0 Å². The minimum atomic E-state index is 0. The Hall–Kier alpha value is -2.95. The summed E-state index contributed by atoms with van der Waals surface area (Å²) in [5, 5.41) is 12.0. The van der Waals surface area contributed by atoms with Gasteiger partial charge < -0.3 is 20.1 Å². The van der Waals surface area contributed by atoms with Gasteiger partial charge in [0, 0.05) is 49.9 Å². The van der Waals surface area contributed by atoms with Crippen LogP contribution in [-0.4, -0.2) is 46.2 Å². The van der Waals surface area contributed by atoms with Crippen LogP contribution in [0, 0.1) is 6.92 Å². The van der Waals surface area contributed by atoms with Gasteiger partial charge in [0.15, 0.2) is 11.8 Å². The highest BCUT2D eigenvalue weighted by atomic mass is 127. The van der Waals surface area contributed by atoms with E-state index in [4.69, 9.17) is 4.52 Å². The van der Waals surface area contributed by atoms with E-state index in [9.17, 15) is 0 Å². The average Bonchev–Trinajstić information content (AvgIpc) is 3.41. The summed E-state index contributed by atoms with van der Waals surface area (Å²) in [5.74, 6) is 1.81. The number of hydrogen-bond acceptors (Lipinski definition) is 5. The number of nitrogens with one attached hydrogen (secondary N) is 3. The van der Waals surface area contributed by atoms with Crippen LogP contribution in [0.2, 0.25) is 0 Å². The Morgan fingerprint density at radius 1 is 1.10 bits per heavy atom. The topological polar surface area (TPSA) is 104 Å². The molecule has 8 nitrogen and oxygen atoms in total. The van der Waals surface area contributed by atoms with Crippen LogP contribution in [0.5, 0.6) is 0 Å². The lowest BCUT2D eigenvalue weighted by molar-refractivity contribution is 0.421. The van der Waals surface area contributed by atoms with Crippen molar-refractivity contribution in [1.82, 2.24) is 30.7 Å². The highest BCUT2D eigenvalue weighted by molar-refractivity contribution is 14.0. The predicted octanol–water partition coefficient (Wildman–Crippen LogP) is 3.49. The third kappa shape index (κ3) is 5.60. The van der Waals surface area contributed by atoms with Gasteiger partial charge in [0.25, 0.3) is 5.89 Å². The van der Waals surface area contributed by atoms with E-state index in [1.54, 1.807) is 13.2 Å². The van der Waals surface area contributed by atoms with Crippen LogP contribution in [0.15, 0.2) is 58.3 Å². The number of aliphatic imine (C=N–C) groups is 1. The first kappa shape index (κ1) is 22.7. The molecule has 3 heterocycles. The van der Waals surface area contributed by atoms with Gasteiger partial charge in [-0.15, -0.1) is 24.0 Å². The van der Waals surface area contributed by atoms with Crippen LogP contribution in [0.3, 0.4) is 0 Å². The van der Waals surface area contributed by atoms with Crippen molar-refractivity contribution in [3.63, 3.8) is 0 Å². The number of pyridine rings is 1. The molecule has 0 spiro atoms. The minimum Gasteiger partial charge on any atom is -0.361 e. The third-order valence-electron chi connectivity index (χ3n) is 4.90. The summed E-state index contributed by atoms with van der Waals surface area (Å²) in [6.45, 7) is 3.57. The van der Waals surface area contributed by atoms with Crippen molar-refractivity contribution in [2.45, 2.75) is 19.8 Å². The summed E-state index contributed by atoms with van der Waals surface area (Å²) < 4.78 is 5.29. The average molecular weight is 531 g/mol. The smallest absolute Gasteiger partial charge is 0.276 e. The second kappa shape index (κ2) is 10.9. The second-order valence-corrected chi connectivity index (χ2v) is 6.97. The molecular formula is C22H26IN7O. The minimum absolute atomic E-state index is 0. The number of benzene rings is 1. The number of nitrogens with zero attached hydrogens (tertiary/aromatic N) is 4. The van der Waals surface area contributed by atoms with E-state index >= 15 is 0 Å². The van der Waals surface area contributed by atoms with Crippen molar-refractivity contribution in [2.75, 3.05) is 20.1 Å². The molecule has 0 saturated heterocycles. The molecule has 0 saturated carbocycles. The predicted molar refractivity (Wildman–Crippen MR) is 133 cm³/mol. The van der Waals surface area contributed by atoms with Crippen LogP contribution in [0.25, 0.3) is 22.5 Å². The Morgan fingerprint density at radius 3 is 2.71 bits per heavy atom. The van der Waals surface area contributed by atoms with Crippen molar-refractivity contribution in [2.24, 2.45) is 4.99 Å². The maximum Gasteiger partial charge on any atom is 0.276 e. The summed E-state index contributed by atoms with van der Waals surface area (Å²) in [6.07, 6.45) is 5.32. The Labute approximate surface area is 198 Å². The second-order valence-electron chi connectivity index (χ2n) is 6.97. The molecule has 3 aromatic heterocycles. The highest BCUT2D eigenvalue weighted by Crippen LogP contribution is 2.22. The molecule has 0 amide bonds. The molecular weight excluding hydrogens is 505 g/mol. The van der Waals surface area contributed by atoms with Crippen molar-refractivity contribution in [3.05, 3.63) is 65.7 Å². The normalized spacial score (nSPS) is 11.4. The molecule has 1 aromatic carbocycles. The molecule has 4 aromatic rings. The number of aromatic nitrogens is 4. The third-order valence-corrected chi connectivity index (χ3v) is 4.90. The first-order chi connectivity index (χ1) is 14.7. The first-order valence-electron chi connectivity index (χ1n) is 9.98. The number of H-pyrrole nitrogens is 1. The van der Waals surface area contributed by atoms with Gasteiger partial charge in [-0.25, -0.2) is 0 Å². The van der Waals surface area contributed by atoms with Gasteiger partial charge in [0.2, 0.25) is 0 Å². The van der Waals surface area contributed by atoms with Gasteiger partial charge in [-0.3, -0.25) is 9.98 Å². The van der Waals surface area contributed by atoms with Gasteiger partial charge in [-0.05, 0) is 42.7 Å². The standard InChI is InChI=1S/C22H25N7O.HI/c1-15-6-5-8-17-20(15)16(14-27-17)9-12-25-22(23-2)26-13-10-19-28-21(30-29-19)18-7-3-4-11-24-18;/h3-8,11,14,27H,9-10,12-13H2,1-2H3,(H2,23,25,26);1H. The van der Waals surface area contributed by atoms with E-state index in [0.29, 0.717) is 30.4 Å². The van der Waals surface area contributed by atoms with Crippen LogP contribution in [0.4, 0.5) is 0 Å². The SMILES string of the molecule is CN=C(NCCc1noc(-c2ccccn2)n1)NCCc1c[nH]c2cccc(C)c12.I. The molecule has 0 bridgehead atoms. The van der Waals surface area contributed by atoms with Crippen LogP contribution < -0.4 is 10.6 Å². The van der Waals surface area contributed by atoms with Gasteiger partial charge in [-0.2, -0.15) is 4.98 Å². The number of rotatable bonds is 7. The molecule has 0 unspecified atom stereocenters. The lowest BCUT2D eigenvalue weighted by atomic mass is 10.1. The molecule has 4 rings (SSSR count). The zero-order valence-corrected chi connectivity index (χ0v) is 19.9. The molecule has 0 atom stereocenters. The molecule has 0 radical (unpaired) electrons. The van der Waals surface area contributed by atoms with E-state index in [0.717, 1.165) is 18.9 Å². The van der Waals surface area contributed by atoms with E-state index in [2.05, 4.69) is 67.1 Å². The van der Waals surface area contributed by atoms with Crippen molar-refractivity contribution in [1.29, 1.82) is 0 Å².